The van der Waals surface area contributed by atoms with Gasteiger partial charge in [-0.05, 0) is 0 Å². The molecule has 2 heterocycles. The minimum atomic E-state index is 0.755. The molecule has 0 aliphatic carbocycles. The molecule has 1 aromatic rings. The molecule has 0 aromatic carbocycles. The van der Waals surface area contributed by atoms with Crippen LogP contribution in [0.5, 0.6) is 0 Å². The van der Waals surface area contributed by atoms with E-state index in [9.17, 15) is 0 Å². The van der Waals surface area contributed by atoms with E-state index in [0.717, 1.165) is 11.4 Å². The Morgan fingerprint density at radius 1 is 1.18 bits per heavy atom. The normalized spacial score (nSPS) is 14.4. The Morgan fingerprint density at radius 3 is 2.82 bits per heavy atom. The number of hydrogen-bond acceptors (Lipinski definition) is 3. The summed E-state index contributed by atoms with van der Waals surface area (Å²) in [5.74, 6) is 0. The summed E-state index contributed by atoms with van der Waals surface area (Å²) in [6.07, 6.45) is 8.06. The standard InChI is InChI=1S/C7H5N4/c1-2-10-6(3-8-1)7-4-9-5-11-7/h1-5H. The molecule has 4 nitrogen and oxygen atoms in total. The fraction of sp³-hybridized carbons (Fsp3) is 0. The monoisotopic (exact) mass is 145 g/mol. The molecule has 1 aliphatic heterocycles. The highest BCUT2D eigenvalue weighted by atomic mass is 15.0. The second-order valence-electron chi connectivity index (χ2n) is 2.00. The van der Waals surface area contributed by atoms with Crippen LogP contribution in [0.25, 0.3) is 5.70 Å². The van der Waals surface area contributed by atoms with E-state index in [1.165, 1.54) is 6.34 Å². The van der Waals surface area contributed by atoms with E-state index < -0.39 is 0 Å². The van der Waals surface area contributed by atoms with Crippen LogP contribution >= 0.6 is 0 Å². The third kappa shape index (κ3) is 1.10. The summed E-state index contributed by atoms with van der Waals surface area (Å²) in [5, 5.41) is 3.82. The first-order valence-electron chi connectivity index (χ1n) is 3.16. The Labute approximate surface area is 63.7 Å². The molecule has 0 unspecified atom stereocenters. The largest absolute Gasteiger partial charge is 0.261 e. The summed E-state index contributed by atoms with van der Waals surface area (Å²) in [7, 11) is 0. The molecule has 0 saturated carbocycles. The van der Waals surface area contributed by atoms with Gasteiger partial charge in [0.05, 0.1) is 12.4 Å². The van der Waals surface area contributed by atoms with Crippen LogP contribution in [0.4, 0.5) is 0 Å². The Hall–Kier alpha value is -1.71. The number of rotatable bonds is 1. The Balaban J connectivity index is 2.37. The van der Waals surface area contributed by atoms with Crippen molar-refractivity contribution in [3.05, 3.63) is 30.5 Å². The van der Waals surface area contributed by atoms with Crippen molar-refractivity contribution in [1.82, 2.24) is 15.3 Å². The predicted molar refractivity (Wildman–Crippen MR) is 40.6 cm³/mol. The Kier molecular flexibility index (Phi) is 1.37. The molecule has 0 fully saturated rings. The maximum absolute atomic E-state index is 4.06. The molecule has 1 aliphatic rings. The van der Waals surface area contributed by atoms with E-state index in [1.54, 1.807) is 24.8 Å². The zero-order chi connectivity index (χ0) is 7.52. The third-order valence-electron chi connectivity index (χ3n) is 1.29. The zero-order valence-electron chi connectivity index (χ0n) is 5.68. The lowest BCUT2D eigenvalue weighted by Gasteiger charge is -1.92. The number of aliphatic imine (C=N–C) groups is 1. The van der Waals surface area contributed by atoms with E-state index >= 15 is 0 Å². The quantitative estimate of drug-likeness (QED) is 0.575. The van der Waals surface area contributed by atoms with Crippen molar-refractivity contribution in [2.75, 3.05) is 0 Å². The van der Waals surface area contributed by atoms with Gasteiger partial charge in [-0.15, -0.1) is 0 Å². The van der Waals surface area contributed by atoms with Crippen LogP contribution in [-0.2, 0) is 0 Å². The molecule has 53 valence electrons. The maximum atomic E-state index is 4.06. The van der Waals surface area contributed by atoms with Crippen molar-refractivity contribution in [2.45, 2.75) is 0 Å². The molecule has 0 spiro atoms. The Morgan fingerprint density at radius 2 is 2.18 bits per heavy atom. The van der Waals surface area contributed by atoms with Gasteiger partial charge in [-0.1, -0.05) is 0 Å². The average Bonchev–Trinajstić information content (AvgIpc) is 2.58. The average molecular weight is 145 g/mol. The topological polar surface area (TPSA) is 52.2 Å². The van der Waals surface area contributed by atoms with Crippen LogP contribution in [0, 0.1) is 0 Å². The molecule has 11 heavy (non-hydrogen) atoms. The second kappa shape index (κ2) is 2.49. The van der Waals surface area contributed by atoms with E-state index in [-0.39, 0.29) is 0 Å². The highest BCUT2D eigenvalue weighted by molar-refractivity contribution is 5.77. The van der Waals surface area contributed by atoms with Crippen LogP contribution in [-0.4, -0.2) is 16.3 Å². The van der Waals surface area contributed by atoms with Gasteiger partial charge in [0.2, 0.25) is 0 Å². The van der Waals surface area contributed by atoms with Crippen molar-refractivity contribution in [3.63, 3.8) is 0 Å². The fourth-order valence-electron chi connectivity index (χ4n) is 0.796. The lowest BCUT2D eigenvalue weighted by molar-refractivity contribution is 1.16. The van der Waals surface area contributed by atoms with Crippen LogP contribution in [0.2, 0.25) is 0 Å². The minimum absolute atomic E-state index is 0.755. The van der Waals surface area contributed by atoms with Crippen LogP contribution in [0.1, 0.15) is 5.69 Å². The Bertz CT molecular complexity index is 301. The number of nitrogens with zero attached hydrogens (tertiary/aromatic N) is 4. The van der Waals surface area contributed by atoms with E-state index in [2.05, 4.69) is 20.3 Å². The summed E-state index contributed by atoms with van der Waals surface area (Å²) in [4.78, 5) is 11.9. The van der Waals surface area contributed by atoms with Gasteiger partial charge in [-0.25, -0.2) is 10.3 Å². The minimum Gasteiger partial charge on any atom is -0.261 e. The molecular weight excluding hydrogens is 140 g/mol. The second-order valence-corrected chi connectivity index (χ2v) is 2.00. The molecule has 0 N–H and O–H groups in total. The molecular formula is C7H5N4. The summed E-state index contributed by atoms with van der Waals surface area (Å²) >= 11 is 0. The van der Waals surface area contributed by atoms with Crippen molar-refractivity contribution in [3.8, 4) is 0 Å². The predicted octanol–water partition coefficient (Wildman–Crippen LogP) is 0.421. The van der Waals surface area contributed by atoms with Crippen molar-refractivity contribution in [1.29, 1.82) is 0 Å². The van der Waals surface area contributed by atoms with Gasteiger partial charge in [0.1, 0.15) is 17.7 Å². The summed E-state index contributed by atoms with van der Waals surface area (Å²) in [6.45, 7) is 0. The van der Waals surface area contributed by atoms with E-state index in [4.69, 9.17) is 0 Å². The van der Waals surface area contributed by atoms with Gasteiger partial charge >= 0.3 is 0 Å². The maximum Gasteiger partial charge on any atom is 0.116 e. The first kappa shape index (κ1) is 6.03. The first-order chi connectivity index (χ1) is 5.47. The zero-order valence-corrected chi connectivity index (χ0v) is 5.68. The highest BCUT2D eigenvalue weighted by Crippen LogP contribution is 2.12. The molecule has 2 rings (SSSR count). The van der Waals surface area contributed by atoms with E-state index in [0.29, 0.717) is 0 Å². The molecule has 0 saturated heterocycles. The molecule has 1 radical (unpaired) electrons. The molecule has 1 aromatic heterocycles. The van der Waals surface area contributed by atoms with Crippen molar-refractivity contribution < 1.29 is 0 Å². The van der Waals surface area contributed by atoms with E-state index in [1.807, 2.05) is 0 Å². The van der Waals surface area contributed by atoms with Crippen molar-refractivity contribution in [2.24, 2.45) is 4.99 Å². The van der Waals surface area contributed by atoms with Gasteiger partial charge in [0.25, 0.3) is 0 Å². The van der Waals surface area contributed by atoms with Gasteiger partial charge in [-0.2, -0.15) is 0 Å². The smallest absolute Gasteiger partial charge is 0.116 e. The van der Waals surface area contributed by atoms with Crippen LogP contribution in [0.3, 0.4) is 0 Å². The van der Waals surface area contributed by atoms with Gasteiger partial charge in [0.15, 0.2) is 0 Å². The molecule has 0 bridgehead atoms. The summed E-state index contributed by atoms with van der Waals surface area (Å²) < 4.78 is 0. The van der Waals surface area contributed by atoms with Gasteiger partial charge in [0, 0.05) is 12.4 Å². The lowest BCUT2D eigenvalue weighted by atomic mass is 10.3. The van der Waals surface area contributed by atoms with Crippen LogP contribution < -0.4 is 5.32 Å². The van der Waals surface area contributed by atoms with Crippen molar-refractivity contribution >= 4 is 12.0 Å². The molecule has 4 heteroatoms. The fourth-order valence-corrected chi connectivity index (χ4v) is 0.796. The van der Waals surface area contributed by atoms with Gasteiger partial charge < -0.3 is 0 Å². The third-order valence-corrected chi connectivity index (χ3v) is 1.29. The first-order valence-corrected chi connectivity index (χ1v) is 3.16. The molecule has 0 atom stereocenters. The summed E-state index contributed by atoms with van der Waals surface area (Å²) in [5.41, 5.74) is 1.52. The number of aromatic nitrogens is 2. The molecule has 0 amide bonds. The van der Waals surface area contributed by atoms with Gasteiger partial charge in [-0.3, -0.25) is 9.97 Å². The SMILES string of the molecule is C1=NC(c2cnccn2)=C[N]1. The highest BCUT2D eigenvalue weighted by Gasteiger charge is 2.03. The number of hydrogen-bond donors (Lipinski definition) is 0. The van der Waals surface area contributed by atoms with Crippen LogP contribution in [0.15, 0.2) is 29.8 Å². The summed E-state index contributed by atoms with van der Waals surface area (Å²) in [6, 6.07) is 0. The lowest BCUT2D eigenvalue weighted by Crippen LogP contribution is -1.85.